The number of rotatable bonds is 6. The van der Waals surface area contributed by atoms with Crippen LogP contribution in [0.5, 0.6) is 0 Å². The van der Waals surface area contributed by atoms with Gasteiger partial charge in [-0.15, -0.1) is 5.10 Å². The smallest absolute Gasteiger partial charge is 0.273 e. The van der Waals surface area contributed by atoms with E-state index in [0.717, 1.165) is 0 Å². The monoisotopic (exact) mass is 340 g/mol. The molecule has 1 unspecified atom stereocenters. The van der Waals surface area contributed by atoms with Crippen LogP contribution in [-0.4, -0.2) is 38.7 Å². The molecule has 124 valence electrons. The number of hydrogen-bond donors (Lipinski definition) is 2. The fraction of sp³-hybridized carbons (Fsp3) is 0.400. The Morgan fingerprint density at radius 2 is 2.26 bits per heavy atom. The zero-order valence-corrected chi connectivity index (χ0v) is 13.6. The van der Waals surface area contributed by atoms with Crippen LogP contribution in [0.1, 0.15) is 35.9 Å². The van der Waals surface area contributed by atoms with Crippen molar-refractivity contribution in [3.63, 3.8) is 0 Å². The van der Waals surface area contributed by atoms with E-state index in [1.54, 1.807) is 6.92 Å². The first-order valence-electron chi connectivity index (χ1n) is 7.23. The normalized spacial score (nSPS) is 12.2. The molecule has 23 heavy (non-hydrogen) atoms. The van der Waals surface area contributed by atoms with Gasteiger partial charge in [0, 0.05) is 17.7 Å². The van der Waals surface area contributed by atoms with Crippen molar-refractivity contribution in [2.24, 2.45) is 0 Å². The Kier molecular flexibility index (Phi) is 5.68. The van der Waals surface area contributed by atoms with Gasteiger partial charge in [-0.1, -0.05) is 16.8 Å². The largest absolute Gasteiger partial charge is 0.396 e. The minimum Gasteiger partial charge on any atom is -0.396 e. The summed E-state index contributed by atoms with van der Waals surface area (Å²) in [4.78, 5) is 12.2. The molecular formula is C15H18ClFN4O2. The van der Waals surface area contributed by atoms with E-state index >= 15 is 0 Å². The summed E-state index contributed by atoms with van der Waals surface area (Å²) >= 11 is 5.73. The molecule has 1 heterocycles. The Labute approximate surface area is 138 Å². The summed E-state index contributed by atoms with van der Waals surface area (Å²) in [5.74, 6) is -0.928. The fourth-order valence-electron chi connectivity index (χ4n) is 2.18. The van der Waals surface area contributed by atoms with Crippen LogP contribution in [-0.2, 0) is 0 Å². The molecule has 0 saturated carbocycles. The maximum atomic E-state index is 14.0. The molecular weight excluding hydrogens is 323 g/mol. The Balaban J connectivity index is 2.20. The highest BCUT2D eigenvalue weighted by atomic mass is 35.5. The lowest BCUT2D eigenvalue weighted by Crippen LogP contribution is -2.33. The van der Waals surface area contributed by atoms with E-state index in [1.807, 2.05) is 6.92 Å². The van der Waals surface area contributed by atoms with Crippen molar-refractivity contribution in [2.45, 2.75) is 32.7 Å². The van der Waals surface area contributed by atoms with Crippen LogP contribution in [0.2, 0.25) is 5.02 Å². The average Bonchev–Trinajstić information content (AvgIpc) is 2.87. The highest BCUT2D eigenvalue weighted by Crippen LogP contribution is 2.19. The summed E-state index contributed by atoms with van der Waals surface area (Å²) in [6, 6.07) is 4.09. The standard InChI is InChI=1S/C15H18ClFN4O2/c1-9(4-3-7-22)18-15(23)14-10(2)21(20-19-14)13-6-5-11(16)8-12(13)17/h5-6,8-9,22H,3-4,7H2,1-2H3,(H,18,23). The zero-order chi connectivity index (χ0) is 17.0. The second-order valence-electron chi connectivity index (χ2n) is 5.27. The molecule has 1 amide bonds. The van der Waals surface area contributed by atoms with Crippen LogP contribution in [0.4, 0.5) is 4.39 Å². The van der Waals surface area contributed by atoms with E-state index in [1.165, 1.54) is 22.9 Å². The van der Waals surface area contributed by atoms with E-state index in [-0.39, 0.29) is 35.0 Å². The maximum absolute atomic E-state index is 14.0. The first kappa shape index (κ1) is 17.4. The summed E-state index contributed by atoms with van der Waals surface area (Å²) in [6.07, 6.45) is 1.25. The van der Waals surface area contributed by atoms with Gasteiger partial charge in [-0.05, 0) is 44.9 Å². The molecule has 0 fully saturated rings. The number of carbonyl (C=O) groups excluding carboxylic acids is 1. The molecule has 0 radical (unpaired) electrons. The summed E-state index contributed by atoms with van der Waals surface area (Å²) < 4.78 is 15.2. The highest BCUT2D eigenvalue weighted by molar-refractivity contribution is 6.30. The minimum atomic E-state index is -0.547. The van der Waals surface area contributed by atoms with Crippen molar-refractivity contribution in [2.75, 3.05) is 6.61 Å². The van der Waals surface area contributed by atoms with Crippen LogP contribution in [0, 0.1) is 12.7 Å². The number of halogens is 2. The molecule has 0 bridgehead atoms. The van der Waals surface area contributed by atoms with E-state index in [9.17, 15) is 9.18 Å². The third kappa shape index (κ3) is 4.05. The number of amides is 1. The molecule has 2 N–H and O–H groups in total. The van der Waals surface area contributed by atoms with Crippen molar-refractivity contribution in [3.8, 4) is 5.69 Å². The first-order chi connectivity index (χ1) is 10.9. The summed E-state index contributed by atoms with van der Waals surface area (Å²) in [5, 5.41) is 19.5. The fourth-order valence-corrected chi connectivity index (χ4v) is 2.34. The van der Waals surface area contributed by atoms with Gasteiger partial charge >= 0.3 is 0 Å². The quantitative estimate of drug-likeness (QED) is 0.845. The number of hydrogen-bond acceptors (Lipinski definition) is 4. The van der Waals surface area contributed by atoms with E-state index in [2.05, 4.69) is 15.6 Å². The summed E-state index contributed by atoms with van der Waals surface area (Å²) in [7, 11) is 0. The van der Waals surface area contributed by atoms with Gasteiger partial charge in [0.2, 0.25) is 0 Å². The van der Waals surface area contributed by atoms with Crippen molar-refractivity contribution < 1.29 is 14.3 Å². The van der Waals surface area contributed by atoms with E-state index in [0.29, 0.717) is 18.5 Å². The third-order valence-corrected chi connectivity index (χ3v) is 3.66. The summed E-state index contributed by atoms with van der Waals surface area (Å²) in [6.45, 7) is 3.55. The minimum absolute atomic E-state index is 0.0747. The number of aliphatic hydroxyl groups excluding tert-OH is 1. The lowest BCUT2D eigenvalue weighted by Gasteiger charge is -2.12. The van der Waals surface area contributed by atoms with Gasteiger partial charge in [0.15, 0.2) is 5.69 Å². The second-order valence-corrected chi connectivity index (χ2v) is 5.71. The SMILES string of the molecule is Cc1c(C(=O)NC(C)CCCO)nnn1-c1ccc(Cl)cc1F. The van der Waals surface area contributed by atoms with Gasteiger partial charge in [-0.2, -0.15) is 0 Å². The molecule has 0 saturated heterocycles. The van der Waals surface area contributed by atoms with Crippen LogP contribution in [0.25, 0.3) is 5.69 Å². The number of aromatic nitrogens is 3. The predicted molar refractivity (Wildman–Crippen MR) is 84.3 cm³/mol. The van der Waals surface area contributed by atoms with Crippen molar-refractivity contribution in [1.82, 2.24) is 20.3 Å². The topological polar surface area (TPSA) is 80.0 Å². The molecule has 1 aromatic carbocycles. The van der Waals surface area contributed by atoms with E-state index in [4.69, 9.17) is 16.7 Å². The molecule has 0 aliphatic heterocycles. The number of nitrogens with one attached hydrogen (secondary N) is 1. The molecule has 0 aliphatic carbocycles. The third-order valence-electron chi connectivity index (χ3n) is 3.42. The summed E-state index contributed by atoms with van der Waals surface area (Å²) in [5.41, 5.74) is 0.736. The molecule has 2 rings (SSSR count). The highest BCUT2D eigenvalue weighted by Gasteiger charge is 2.20. The number of aliphatic hydroxyl groups is 1. The Bertz CT molecular complexity index is 705. The zero-order valence-electron chi connectivity index (χ0n) is 12.9. The molecule has 0 aliphatic rings. The van der Waals surface area contributed by atoms with Gasteiger partial charge < -0.3 is 10.4 Å². The van der Waals surface area contributed by atoms with Gasteiger partial charge in [-0.3, -0.25) is 4.79 Å². The predicted octanol–water partition coefficient (Wildman–Crippen LogP) is 2.26. The second kappa shape index (κ2) is 7.52. The Morgan fingerprint density at radius 3 is 2.91 bits per heavy atom. The van der Waals surface area contributed by atoms with Crippen LogP contribution >= 0.6 is 11.6 Å². The molecule has 8 heteroatoms. The molecule has 2 aromatic rings. The number of benzene rings is 1. The van der Waals surface area contributed by atoms with Crippen molar-refractivity contribution in [1.29, 1.82) is 0 Å². The first-order valence-corrected chi connectivity index (χ1v) is 7.61. The van der Waals surface area contributed by atoms with Gasteiger partial charge in [-0.25, -0.2) is 9.07 Å². The van der Waals surface area contributed by atoms with Crippen molar-refractivity contribution >= 4 is 17.5 Å². The number of nitrogens with zero attached hydrogens (tertiary/aromatic N) is 3. The van der Waals surface area contributed by atoms with Gasteiger partial charge in [0.05, 0.1) is 5.69 Å². The molecule has 0 spiro atoms. The van der Waals surface area contributed by atoms with Crippen LogP contribution in [0.3, 0.4) is 0 Å². The number of carbonyl (C=O) groups is 1. The molecule has 6 nitrogen and oxygen atoms in total. The Morgan fingerprint density at radius 1 is 1.52 bits per heavy atom. The van der Waals surface area contributed by atoms with Crippen LogP contribution in [0.15, 0.2) is 18.2 Å². The lowest BCUT2D eigenvalue weighted by molar-refractivity contribution is 0.0930. The molecule has 1 atom stereocenters. The van der Waals surface area contributed by atoms with E-state index < -0.39 is 5.82 Å². The average molecular weight is 341 g/mol. The van der Waals surface area contributed by atoms with Gasteiger partial charge in [0.1, 0.15) is 11.5 Å². The van der Waals surface area contributed by atoms with Crippen molar-refractivity contribution in [3.05, 3.63) is 40.4 Å². The Hall–Kier alpha value is -1.99. The maximum Gasteiger partial charge on any atom is 0.273 e. The lowest BCUT2D eigenvalue weighted by atomic mass is 10.2. The van der Waals surface area contributed by atoms with Gasteiger partial charge in [0.25, 0.3) is 5.91 Å². The van der Waals surface area contributed by atoms with Crippen LogP contribution < -0.4 is 5.32 Å². The molecule has 1 aromatic heterocycles.